The predicted molar refractivity (Wildman–Crippen MR) is 278 cm³/mol. The summed E-state index contributed by atoms with van der Waals surface area (Å²) in [4.78, 5) is 69.0. The Bertz CT molecular complexity index is 3040. The zero-order valence-electron chi connectivity index (χ0n) is 40.7. The lowest BCUT2D eigenvalue weighted by molar-refractivity contribution is -0.125. The number of ether oxygens (including phenoxy) is 2. The maximum Gasteiger partial charge on any atom is 0.293 e. The van der Waals surface area contributed by atoms with E-state index in [1.807, 2.05) is 36.1 Å². The summed E-state index contributed by atoms with van der Waals surface area (Å²) in [7, 11) is 4.61. The zero-order chi connectivity index (χ0) is 50.3. The zero-order valence-corrected chi connectivity index (χ0v) is 43.0. The summed E-state index contributed by atoms with van der Waals surface area (Å²) >= 11 is 14.5. The lowest BCUT2D eigenvalue weighted by Gasteiger charge is -2.31. The van der Waals surface area contributed by atoms with Gasteiger partial charge < -0.3 is 40.2 Å². The van der Waals surface area contributed by atoms with E-state index in [2.05, 4.69) is 54.9 Å². The number of amides is 3. The molecule has 0 bridgehead atoms. The van der Waals surface area contributed by atoms with E-state index in [1.54, 1.807) is 36.6 Å². The number of aliphatic imine (C=N–C) groups is 1. The molecule has 6 aromatic rings. The predicted octanol–water partition coefficient (Wildman–Crippen LogP) is 7.46. The van der Waals surface area contributed by atoms with Crippen molar-refractivity contribution in [3.63, 3.8) is 0 Å². The second kappa shape index (κ2) is 22.7. The number of methoxy groups -OCH3 is 1. The molecule has 4 N–H and O–H groups in total. The molecular weight excluding hydrogens is 968 g/mol. The number of pyridine rings is 1. The molecule has 4 aromatic heterocycles. The molecular formula is C50H58Cl2N12O6S. The summed E-state index contributed by atoms with van der Waals surface area (Å²) in [5.41, 5.74) is 4.64. The number of hydrogen-bond acceptors (Lipinski definition) is 14. The van der Waals surface area contributed by atoms with E-state index in [0.29, 0.717) is 89.0 Å². The molecule has 2 aromatic carbocycles. The number of unbranched alkanes of at least 4 members (excludes halogenated alkanes) is 4. The largest absolute Gasteiger partial charge is 0.494 e. The van der Waals surface area contributed by atoms with Crippen molar-refractivity contribution in [1.82, 2.24) is 45.2 Å². The van der Waals surface area contributed by atoms with Crippen LogP contribution in [0.25, 0.3) is 15.9 Å². The van der Waals surface area contributed by atoms with E-state index in [9.17, 15) is 19.2 Å². The Labute approximate surface area is 425 Å². The van der Waals surface area contributed by atoms with Crippen LogP contribution in [-0.4, -0.2) is 99.7 Å². The number of piperidine rings is 1. The maximum atomic E-state index is 13.4. The smallest absolute Gasteiger partial charge is 0.293 e. The Morgan fingerprint density at radius 2 is 1.62 bits per heavy atom. The van der Waals surface area contributed by atoms with Gasteiger partial charge in [-0.2, -0.15) is 4.98 Å². The Morgan fingerprint density at radius 3 is 2.34 bits per heavy atom. The Balaban J connectivity index is 0.762. The fourth-order valence-corrected chi connectivity index (χ4v) is 10.4. The first-order valence-corrected chi connectivity index (χ1v) is 25.3. The van der Waals surface area contributed by atoms with Crippen molar-refractivity contribution in [3.8, 4) is 16.5 Å². The van der Waals surface area contributed by atoms with Crippen molar-refractivity contribution in [3.05, 3.63) is 102 Å². The minimum Gasteiger partial charge on any atom is -0.494 e. The van der Waals surface area contributed by atoms with Gasteiger partial charge >= 0.3 is 0 Å². The number of halogens is 2. The first-order valence-electron chi connectivity index (χ1n) is 23.7. The molecule has 1 atom stereocenters. The van der Waals surface area contributed by atoms with Crippen LogP contribution in [0.1, 0.15) is 90.6 Å². The van der Waals surface area contributed by atoms with Crippen molar-refractivity contribution >= 4 is 86.3 Å². The number of hydrogen-bond donors (Lipinski definition) is 4. The lowest BCUT2D eigenvalue weighted by atomic mass is 9.96. The molecule has 2 aliphatic heterocycles. The van der Waals surface area contributed by atoms with Gasteiger partial charge in [0.25, 0.3) is 11.5 Å². The maximum absolute atomic E-state index is 13.4. The highest BCUT2D eigenvalue weighted by molar-refractivity contribution is 7.15. The Kier molecular flexibility index (Phi) is 16.2. The molecule has 0 unspecified atom stereocenters. The first kappa shape index (κ1) is 50.8. The van der Waals surface area contributed by atoms with Crippen molar-refractivity contribution in [2.45, 2.75) is 78.2 Å². The van der Waals surface area contributed by atoms with E-state index in [0.717, 1.165) is 65.3 Å². The Morgan fingerprint density at radius 1 is 0.901 bits per heavy atom. The summed E-state index contributed by atoms with van der Waals surface area (Å²) in [6.45, 7) is 8.20. The number of aromatic nitrogens is 6. The molecule has 6 heterocycles. The summed E-state index contributed by atoms with van der Waals surface area (Å²) in [5.74, 6) is 2.20. The fraction of sp³-hybridized carbons (Fsp3) is 0.420. The average molecular weight is 1030 g/mol. The number of rotatable bonds is 19. The third-order valence-electron chi connectivity index (χ3n) is 13.0. The van der Waals surface area contributed by atoms with Crippen LogP contribution < -0.4 is 41.2 Å². The van der Waals surface area contributed by atoms with Crippen LogP contribution in [0.2, 0.25) is 10.0 Å². The van der Waals surface area contributed by atoms with Crippen molar-refractivity contribution in [2.24, 2.45) is 18.0 Å². The number of carbonyl (C=O) groups excluding carboxylic acids is 3. The third-order valence-corrected chi connectivity index (χ3v) is 14.7. The van der Waals surface area contributed by atoms with Crippen LogP contribution in [0.15, 0.2) is 58.4 Å². The number of anilines is 3. The van der Waals surface area contributed by atoms with E-state index < -0.39 is 11.6 Å². The fourth-order valence-electron chi connectivity index (χ4n) is 8.94. The van der Waals surface area contributed by atoms with E-state index in [-0.39, 0.29) is 42.4 Å². The van der Waals surface area contributed by atoms with Crippen LogP contribution in [0.5, 0.6) is 11.5 Å². The minimum atomic E-state index is -0.519. The second-order valence-corrected chi connectivity index (χ2v) is 19.8. The normalized spacial score (nSPS) is 14.6. The lowest BCUT2D eigenvalue weighted by Crippen LogP contribution is -2.41. The second-order valence-electron chi connectivity index (χ2n) is 17.7. The van der Waals surface area contributed by atoms with Gasteiger partial charge in [0.15, 0.2) is 24.0 Å². The Hall–Kier alpha value is -6.57. The molecule has 3 amide bonds. The molecule has 374 valence electrons. The number of nitrogens with zero attached hydrogens (tertiary/aromatic N) is 8. The third kappa shape index (κ3) is 11.5. The van der Waals surface area contributed by atoms with Gasteiger partial charge in [0.2, 0.25) is 17.8 Å². The highest BCUT2D eigenvalue weighted by Crippen LogP contribution is 2.40. The number of benzene rings is 2. The number of carbonyl (C=O) groups is 3. The number of aryl methyl sites for hydroxylation is 3. The molecule has 2 aliphatic rings. The summed E-state index contributed by atoms with van der Waals surface area (Å²) in [6, 6.07) is 12.2. The van der Waals surface area contributed by atoms with Crippen LogP contribution in [0, 0.1) is 26.7 Å². The number of thiophene rings is 1. The van der Waals surface area contributed by atoms with Gasteiger partial charge in [0, 0.05) is 84.4 Å². The van der Waals surface area contributed by atoms with Crippen LogP contribution in [0.4, 0.5) is 17.5 Å². The van der Waals surface area contributed by atoms with Gasteiger partial charge in [-0.1, -0.05) is 54.6 Å². The molecule has 1 saturated heterocycles. The van der Waals surface area contributed by atoms with E-state index >= 15 is 0 Å². The summed E-state index contributed by atoms with van der Waals surface area (Å²) < 4.78 is 14.7. The number of nitrogens with one attached hydrogen (secondary N) is 4. The molecule has 21 heteroatoms. The summed E-state index contributed by atoms with van der Waals surface area (Å²) in [6.07, 6.45) is 7.64. The van der Waals surface area contributed by atoms with Gasteiger partial charge in [-0.3, -0.25) is 28.7 Å². The average Bonchev–Trinajstić information content (AvgIpc) is 3.85. The summed E-state index contributed by atoms with van der Waals surface area (Å²) in [5, 5.41) is 23.5. The van der Waals surface area contributed by atoms with Crippen molar-refractivity contribution in [2.75, 3.05) is 57.2 Å². The van der Waals surface area contributed by atoms with Crippen LogP contribution in [0.3, 0.4) is 0 Å². The number of fused-ring (bicyclic) bond motifs is 4. The van der Waals surface area contributed by atoms with Crippen molar-refractivity contribution < 1.29 is 23.9 Å². The molecule has 1 fully saturated rings. The molecule has 0 saturated carbocycles. The SMILES string of the molecule is CNC(=O)COc1cc2cc(Nc3nc(N4CCC(C(=O)NCCCCCCCNC(=O)C[C@@H]5N=C(c6ccc(Cl)cc6)c6c(sc(C)c6C)-n6c(C)nnc65)CC4)ncc3Cl)cc(OC)c2n(C)c1=O. The van der Waals surface area contributed by atoms with Crippen LogP contribution >= 0.6 is 34.5 Å². The quantitative estimate of drug-likeness (QED) is 0.0583. The molecule has 0 spiro atoms. The van der Waals surface area contributed by atoms with Gasteiger partial charge in [-0.15, -0.1) is 21.5 Å². The highest BCUT2D eigenvalue weighted by Gasteiger charge is 2.33. The van der Waals surface area contributed by atoms with E-state index in [1.165, 1.54) is 29.8 Å². The highest BCUT2D eigenvalue weighted by atomic mass is 35.5. The van der Waals surface area contributed by atoms with Crippen molar-refractivity contribution in [1.29, 1.82) is 0 Å². The van der Waals surface area contributed by atoms with Crippen LogP contribution in [-0.2, 0) is 21.4 Å². The molecule has 18 nitrogen and oxygen atoms in total. The molecule has 0 radical (unpaired) electrons. The molecule has 8 rings (SSSR count). The first-order chi connectivity index (χ1) is 34.2. The molecule has 71 heavy (non-hydrogen) atoms. The van der Waals surface area contributed by atoms with Gasteiger partial charge in [-0.05, 0) is 76.3 Å². The van der Waals surface area contributed by atoms with Gasteiger partial charge in [0.1, 0.15) is 27.6 Å². The van der Waals surface area contributed by atoms with Gasteiger partial charge in [0.05, 0.1) is 31.0 Å². The van der Waals surface area contributed by atoms with Gasteiger partial charge in [-0.25, -0.2) is 4.98 Å². The topological polar surface area (TPSA) is 212 Å². The standard InChI is InChI=1S/C50H58Cl2N12O6S/c1-28-29(2)71-49-42(28)43(31-12-14-34(51)15-13-31)58-37(46-61-60-30(3)64(46)49)25-40(65)54-18-10-8-7-9-11-19-55-47(67)32-16-20-63(21-17-32)50-56-26-36(52)45(59-50)57-35-22-33-23-39(70-27-41(66)53-4)48(68)62(5)44(33)38(24-35)69-6/h12-15,22-24,26,32,37H,7-11,16-21,25,27H2,1-6H3,(H,53,66)(H,54,65)(H,55,67)(H,56,57,59)/t37-/m0/s1. The minimum absolute atomic E-state index is 0.0175. The number of likely N-dealkylation sites (N-methyl/N-ethyl adjacent to an activating group) is 1. The van der Waals surface area contributed by atoms with E-state index in [4.69, 9.17) is 42.7 Å². The monoisotopic (exact) mass is 1020 g/mol. The molecule has 0 aliphatic carbocycles.